The molecule has 1 saturated heterocycles. The first kappa shape index (κ1) is 20.9. The van der Waals surface area contributed by atoms with Crippen molar-refractivity contribution in [1.29, 1.82) is 0 Å². The molecule has 1 aliphatic heterocycles. The van der Waals surface area contributed by atoms with E-state index in [-0.39, 0.29) is 11.9 Å². The Balaban J connectivity index is 1.37. The van der Waals surface area contributed by atoms with Gasteiger partial charge in [-0.1, -0.05) is 29.8 Å². The summed E-state index contributed by atoms with van der Waals surface area (Å²) in [6, 6.07) is 15.1. The number of ether oxygens (including phenoxy) is 2. The predicted octanol–water partition coefficient (Wildman–Crippen LogP) is 2.55. The van der Waals surface area contributed by atoms with E-state index < -0.39 is 0 Å². The lowest BCUT2D eigenvalue weighted by Crippen LogP contribution is -2.49. The van der Waals surface area contributed by atoms with Crippen LogP contribution < -0.4 is 4.74 Å². The fourth-order valence-corrected chi connectivity index (χ4v) is 3.31. The van der Waals surface area contributed by atoms with Crippen molar-refractivity contribution in [2.45, 2.75) is 13.3 Å². The van der Waals surface area contributed by atoms with Crippen LogP contribution in [0.4, 0.5) is 0 Å². The molecular formula is C23H28N2O4. The molecule has 2 aromatic carbocycles. The van der Waals surface area contributed by atoms with E-state index in [0.717, 1.165) is 44.0 Å². The number of aryl methyl sites for hydroxylation is 1. The topological polar surface area (TPSA) is 59.1 Å². The lowest BCUT2D eigenvalue weighted by molar-refractivity contribution is -0.132. The van der Waals surface area contributed by atoms with Crippen LogP contribution in [0.5, 0.6) is 5.75 Å². The molecule has 0 spiro atoms. The molecule has 0 bridgehead atoms. The summed E-state index contributed by atoms with van der Waals surface area (Å²) in [5.41, 5.74) is 2.78. The summed E-state index contributed by atoms with van der Waals surface area (Å²) < 4.78 is 10.5. The van der Waals surface area contributed by atoms with Crippen molar-refractivity contribution in [2.75, 3.05) is 46.4 Å². The van der Waals surface area contributed by atoms with Gasteiger partial charge in [0.15, 0.2) is 0 Å². The number of carbonyl (C=O) groups is 2. The van der Waals surface area contributed by atoms with E-state index in [1.54, 1.807) is 24.3 Å². The minimum atomic E-state index is -0.355. The van der Waals surface area contributed by atoms with E-state index in [4.69, 9.17) is 4.74 Å². The van der Waals surface area contributed by atoms with Crippen LogP contribution in [-0.2, 0) is 16.0 Å². The smallest absolute Gasteiger partial charge is 0.337 e. The third kappa shape index (κ3) is 6.06. The fourth-order valence-electron chi connectivity index (χ4n) is 3.31. The molecule has 0 N–H and O–H groups in total. The minimum Gasteiger partial charge on any atom is -0.492 e. The standard InChI is InChI=1S/C23H28N2O4/c1-18-3-5-19(6-4-18)17-22(26)25-13-11-24(12-14-25)15-16-29-21-9-7-20(8-10-21)23(27)28-2/h3-10H,11-17H2,1-2H3. The predicted molar refractivity (Wildman–Crippen MR) is 111 cm³/mol. The van der Waals surface area contributed by atoms with Gasteiger partial charge < -0.3 is 14.4 Å². The molecule has 1 amide bonds. The Morgan fingerprint density at radius 2 is 1.59 bits per heavy atom. The summed E-state index contributed by atoms with van der Waals surface area (Å²) in [5.74, 6) is 0.561. The van der Waals surface area contributed by atoms with Gasteiger partial charge >= 0.3 is 5.97 Å². The molecule has 6 heteroatoms. The number of hydrogen-bond donors (Lipinski definition) is 0. The number of benzene rings is 2. The van der Waals surface area contributed by atoms with Crippen LogP contribution in [0.15, 0.2) is 48.5 Å². The normalized spacial score (nSPS) is 14.5. The Morgan fingerprint density at radius 1 is 0.931 bits per heavy atom. The van der Waals surface area contributed by atoms with Crippen LogP contribution in [-0.4, -0.2) is 68.1 Å². The van der Waals surface area contributed by atoms with E-state index in [2.05, 4.69) is 9.64 Å². The molecule has 29 heavy (non-hydrogen) atoms. The highest BCUT2D eigenvalue weighted by molar-refractivity contribution is 5.89. The second-order valence-corrected chi connectivity index (χ2v) is 7.25. The van der Waals surface area contributed by atoms with Crippen LogP contribution in [0, 0.1) is 6.92 Å². The summed E-state index contributed by atoms with van der Waals surface area (Å²) in [6.45, 7) is 6.62. The zero-order valence-electron chi connectivity index (χ0n) is 17.1. The van der Waals surface area contributed by atoms with Crippen molar-refractivity contribution in [1.82, 2.24) is 9.80 Å². The summed E-state index contributed by atoms with van der Waals surface area (Å²) in [4.78, 5) is 28.2. The van der Waals surface area contributed by atoms with Crippen LogP contribution in [0.1, 0.15) is 21.5 Å². The van der Waals surface area contributed by atoms with E-state index in [9.17, 15) is 9.59 Å². The average molecular weight is 396 g/mol. The van der Waals surface area contributed by atoms with Gasteiger partial charge in [0.25, 0.3) is 0 Å². The van der Waals surface area contributed by atoms with Crippen molar-refractivity contribution >= 4 is 11.9 Å². The van der Waals surface area contributed by atoms with Gasteiger partial charge in [-0.05, 0) is 36.8 Å². The maximum atomic E-state index is 12.5. The van der Waals surface area contributed by atoms with Gasteiger partial charge in [0.2, 0.25) is 5.91 Å². The number of rotatable bonds is 7. The number of hydrogen-bond acceptors (Lipinski definition) is 5. The van der Waals surface area contributed by atoms with Crippen molar-refractivity contribution in [3.05, 3.63) is 65.2 Å². The quantitative estimate of drug-likeness (QED) is 0.673. The summed E-state index contributed by atoms with van der Waals surface area (Å²) in [6.07, 6.45) is 0.463. The number of nitrogens with zero attached hydrogens (tertiary/aromatic N) is 2. The average Bonchev–Trinajstić information content (AvgIpc) is 2.75. The lowest BCUT2D eigenvalue weighted by Gasteiger charge is -2.34. The molecule has 154 valence electrons. The first-order chi connectivity index (χ1) is 14.0. The summed E-state index contributed by atoms with van der Waals surface area (Å²) in [5, 5.41) is 0. The Kier molecular flexibility index (Phi) is 7.25. The molecule has 0 aromatic heterocycles. The van der Waals surface area contributed by atoms with Crippen molar-refractivity contribution in [3.8, 4) is 5.75 Å². The molecule has 0 radical (unpaired) electrons. The maximum absolute atomic E-state index is 12.5. The van der Waals surface area contributed by atoms with E-state index >= 15 is 0 Å². The zero-order chi connectivity index (χ0) is 20.6. The lowest BCUT2D eigenvalue weighted by atomic mass is 10.1. The molecule has 0 atom stereocenters. The number of esters is 1. The minimum absolute atomic E-state index is 0.190. The first-order valence-corrected chi connectivity index (χ1v) is 9.92. The van der Waals surface area contributed by atoms with E-state index in [1.807, 2.05) is 36.1 Å². The van der Waals surface area contributed by atoms with Crippen LogP contribution in [0.2, 0.25) is 0 Å². The Hall–Kier alpha value is -2.86. The zero-order valence-corrected chi connectivity index (χ0v) is 17.1. The molecule has 0 saturated carbocycles. The van der Waals surface area contributed by atoms with Crippen LogP contribution in [0.3, 0.4) is 0 Å². The van der Waals surface area contributed by atoms with E-state index in [1.165, 1.54) is 12.7 Å². The van der Waals surface area contributed by atoms with Gasteiger partial charge in [0, 0.05) is 32.7 Å². The number of piperazine rings is 1. The first-order valence-electron chi connectivity index (χ1n) is 9.92. The van der Waals surface area contributed by atoms with Gasteiger partial charge in [-0.2, -0.15) is 0 Å². The molecular weight excluding hydrogens is 368 g/mol. The molecule has 2 aromatic rings. The van der Waals surface area contributed by atoms with Gasteiger partial charge in [-0.25, -0.2) is 4.79 Å². The number of amides is 1. The largest absolute Gasteiger partial charge is 0.492 e. The maximum Gasteiger partial charge on any atom is 0.337 e. The Labute approximate surface area is 172 Å². The highest BCUT2D eigenvalue weighted by Crippen LogP contribution is 2.13. The summed E-state index contributed by atoms with van der Waals surface area (Å²) >= 11 is 0. The molecule has 3 rings (SSSR count). The summed E-state index contributed by atoms with van der Waals surface area (Å²) in [7, 11) is 1.36. The number of methoxy groups -OCH3 is 1. The SMILES string of the molecule is COC(=O)c1ccc(OCCN2CCN(C(=O)Cc3ccc(C)cc3)CC2)cc1. The molecule has 1 aliphatic rings. The third-order valence-electron chi connectivity index (χ3n) is 5.15. The molecule has 1 fully saturated rings. The van der Waals surface area contributed by atoms with Gasteiger partial charge in [0.05, 0.1) is 19.1 Å². The van der Waals surface area contributed by atoms with Crippen molar-refractivity contribution in [2.24, 2.45) is 0 Å². The Morgan fingerprint density at radius 3 is 2.21 bits per heavy atom. The molecule has 1 heterocycles. The van der Waals surface area contributed by atoms with E-state index in [0.29, 0.717) is 18.6 Å². The fraction of sp³-hybridized carbons (Fsp3) is 0.391. The highest BCUT2D eigenvalue weighted by Gasteiger charge is 2.21. The highest BCUT2D eigenvalue weighted by atomic mass is 16.5. The van der Waals surface area contributed by atoms with Crippen molar-refractivity contribution in [3.63, 3.8) is 0 Å². The molecule has 0 unspecified atom stereocenters. The number of carbonyl (C=O) groups excluding carboxylic acids is 2. The van der Waals surface area contributed by atoms with Gasteiger partial charge in [-0.3, -0.25) is 9.69 Å². The van der Waals surface area contributed by atoms with Crippen LogP contribution >= 0.6 is 0 Å². The molecule has 6 nitrogen and oxygen atoms in total. The van der Waals surface area contributed by atoms with Gasteiger partial charge in [0.1, 0.15) is 12.4 Å². The van der Waals surface area contributed by atoms with Crippen molar-refractivity contribution < 1.29 is 19.1 Å². The molecule has 0 aliphatic carbocycles. The van der Waals surface area contributed by atoms with Crippen LogP contribution in [0.25, 0.3) is 0 Å². The second kappa shape index (κ2) is 10.1. The Bertz CT molecular complexity index is 810. The monoisotopic (exact) mass is 396 g/mol. The second-order valence-electron chi connectivity index (χ2n) is 7.25. The van der Waals surface area contributed by atoms with Gasteiger partial charge in [-0.15, -0.1) is 0 Å². The third-order valence-corrected chi connectivity index (χ3v) is 5.15.